The molecule has 0 aromatic heterocycles. The Bertz CT molecular complexity index is 804. The average molecular weight is 530 g/mol. The average Bonchev–Trinajstić information content (AvgIpc) is 2.70. The highest BCUT2D eigenvalue weighted by Crippen LogP contribution is 2.26. The molecule has 0 aliphatic rings. The van der Waals surface area contributed by atoms with E-state index in [0.717, 1.165) is 5.56 Å². The highest BCUT2D eigenvalue weighted by atomic mass is 127. The molecule has 8 heteroatoms. The van der Waals surface area contributed by atoms with Crippen molar-refractivity contribution in [1.82, 2.24) is 15.5 Å². The third-order valence-corrected chi connectivity index (χ3v) is 4.50. The van der Waals surface area contributed by atoms with E-state index in [0.29, 0.717) is 30.5 Å². The predicted octanol–water partition coefficient (Wildman–Crippen LogP) is 3.69. The molecule has 0 saturated heterocycles. The zero-order valence-corrected chi connectivity index (χ0v) is 20.5. The number of halogens is 2. The van der Waals surface area contributed by atoms with Crippen LogP contribution in [0.15, 0.2) is 53.5 Å². The summed E-state index contributed by atoms with van der Waals surface area (Å²) in [4.78, 5) is 6.31. The smallest absolute Gasteiger partial charge is 0.191 e. The number of likely N-dealkylation sites (N-methyl/N-ethyl adjacent to an activating group) is 1. The number of para-hydroxylation sites is 2. The molecule has 2 unspecified atom stereocenters. The lowest BCUT2D eigenvalue weighted by atomic mass is 10.1. The molecular weight excluding hydrogens is 498 g/mol. The summed E-state index contributed by atoms with van der Waals surface area (Å²) in [5.74, 6) is 1.82. The van der Waals surface area contributed by atoms with Gasteiger partial charge in [-0.2, -0.15) is 0 Å². The molecule has 30 heavy (non-hydrogen) atoms. The second kappa shape index (κ2) is 13.3. The van der Waals surface area contributed by atoms with E-state index in [1.54, 1.807) is 26.3 Å². The van der Waals surface area contributed by atoms with Crippen molar-refractivity contribution in [2.45, 2.75) is 19.1 Å². The first kappa shape index (κ1) is 26.0. The maximum Gasteiger partial charge on any atom is 0.191 e. The maximum atomic E-state index is 13.6. The van der Waals surface area contributed by atoms with Gasteiger partial charge in [-0.3, -0.25) is 4.99 Å². The topological polar surface area (TPSA) is 58.1 Å². The van der Waals surface area contributed by atoms with Crippen LogP contribution in [0.4, 0.5) is 4.39 Å². The van der Waals surface area contributed by atoms with Crippen molar-refractivity contribution in [3.8, 4) is 11.5 Å². The van der Waals surface area contributed by atoms with Crippen molar-refractivity contribution in [3.63, 3.8) is 0 Å². The molecule has 0 aliphatic carbocycles. The van der Waals surface area contributed by atoms with E-state index in [9.17, 15) is 4.39 Å². The van der Waals surface area contributed by atoms with Crippen LogP contribution in [0.1, 0.15) is 18.5 Å². The normalized spacial score (nSPS) is 13.2. The highest BCUT2D eigenvalue weighted by Gasteiger charge is 2.16. The molecule has 2 aromatic carbocycles. The Morgan fingerprint density at radius 3 is 2.33 bits per heavy atom. The summed E-state index contributed by atoms with van der Waals surface area (Å²) in [6.07, 6.45) is -0.0993. The second-order valence-corrected chi connectivity index (χ2v) is 6.95. The number of hydrogen-bond donors (Lipinski definition) is 2. The summed E-state index contributed by atoms with van der Waals surface area (Å²) < 4.78 is 24.9. The molecule has 0 bridgehead atoms. The minimum Gasteiger partial charge on any atom is -0.493 e. The molecule has 0 amide bonds. The Balaban J connectivity index is 0.00000450. The van der Waals surface area contributed by atoms with E-state index in [-0.39, 0.29) is 41.9 Å². The van der Waals surface area contributed by atoms with Crippen LogP contribution in [0, 0.1) is 5.82 Å². The van der Waals surface area contributed by atoms with Crippen LogP contribution in [0.2, 0.25) is 0 Å². The van der Waals surface area contributed by atoms with Gasteiger partial charge in [0.05, 0.1) is 19.7 Å². The van der Waals surface area contributed by atoms with Gasteiger partial charge in [-0.15, -0.1) is 24.0 Å². The van der Waals surface area contributed by atoms with Crippen LogP contribution in [0.5, 0.6) is 11.5 Å². The minimum absolute atomic E-state index is 0. The van der Waals surface area contributed by atoms with Crippen molar-refractivity contribution in [2.24, 2.45) is 4.99 Å². The molecule has 0 saturated carbocycles. The van der Waals surface area contributed by atoms with Crippen LogP contribution >= 0.6 is 24.0 Å². The number of methoxy groups -OCH3 is 1. The van der Waals surface area contributed by atoms with Gasteiger partial charge in [-0.05, 0) is 50.8 Å². The minimum atomic E-state index is -0.237. The lowest BCUT2D eigenvalue weighted by Gasteiger charge is -2.26. The molecule has 2 atom stereocenters. The maximum absolute atomic E-state index is 13.6. The van der Waals surface area contributed by atoms with E-state index in [1.165, 1.54) is 6.07 Å². The molecule has 0 fully saturated rings. The van der Waals surface area contributed by atoms with Gasteiger partial charge in [-0.1, -0.05) is 24.3 Å². The van der Waals surface area contributed by atoms with E-state index < -0.39 is 0 Å². The molecular formula is C22H32FIN4O2. The van der Waals surface area contributed by atoms with Gasteiger partial charge in [0.25, 0.3) is 0 Å². The van der Waals surface area contributed by atoms with Crippen molar-refractivity contribution >= 4 is 29.9 Å². The van der Waals surface area contributed by atoms with Gasteiger partial charge in [0.1, 0.15) is 11.9 Å². The fourth-order valence-corrected chi connectivity index (χ4v) is 2.94. The van der Waals surface area contributed by atoms with Crippen LogP contribution in [-0.2, 0) is 0 Å². The number of nitrogens with zero attached hydrogens (tertiary/aromatic N) is 2. The van der Waals surface area contributed by atoms with Gasteiger partial charge in [-0.25, -0.2) is 4.39 Å². The van der Waals surface area contributed by atoms with E-state index >= 15 is 0 Å². The van der Waals surface area contributed by atoms with Crippen LogP contribution in [0.3, 0.4) is 0 Å². The predicted molar refractivity (Wildman–Crippen MR) is 131 cm³/mol. The monoisotopic (exact) mass is 530 g/mol. The van der Waals surface area contributed by atoms with Crippen molar-refractivity contribution in [2.75, 3.05) is 41.3 Å². The Kier molecular flexibility index (Phi) is 11.5. The molecule has 166 valence electrons. The van der Waals surface area contributed by atoms with Gasteiger partial charge < -0.3 is 25.0 Å². The first-order chi connectivity index (χ1) is 13.9. The number of rotatable bonds is 9. The van der Waals surface area contributed by atoms with Gasteiger partial charge in [0.15, 0.2) is 17.5 Å². The van der Waals surface area contributed by atoms with E-state index in [4.69, 9.17) is 9.47 Å². The van der Waals surface area contributed by atoms with Crippen LogP contribution in [0.25, 0.3) is 0 Å². The standard InChI is InChI=1S/C22H31FN4O2.HI/c1-16(29-21-12-7-6-11-20(21)28-5)14-25-22(24-2)26-15-19(27(3)4)17-9-8-10-18(23)13-17;/h6-13,16,19H,14-15H2,1-5H3,(H2,24,25,26);1H. The summed E-state index contributed by atoms with van der Waals surface area (Å²) in [5.41, 5.74) is 0.908. The fraction of sp³-hybridized carbons (Fsp3) is 0.409. The lowest BCUT2D eigenvalue weighted by Crippen LogP contribution is -2.44. The summed E-state index contributed by atoms with van der Waals surface area (Å²) >= 11 is 0. The van der Waals surface area contributed by atoms with Gasteiger partial charge in [0.2, 0.25) is 0 Å². The van der Waals surface area contributed by atoms with Crippen molar-refractivity contribution in [1.29, 1.82) is 0 Å². The SMILES string of the molecule is CN=C(NCC(C)Oc1ccccc1OC)NCC(c1cccc(F)c1)N(C)C.I. The Morgan fingerprint density at radius 1 is 1.07 bits per heavy atom. The molecule has 2 aromatic rings. The summed E-state index contributed by atoms with van der Waals surface area (Å²) in [6.45, 7) is 3.12. The van der Waals surface area contributed by atoms with E-state index in [2.05, 4.69) is 15.6 Å². The Labute approximate surface area is 195 Å². The molecule has 6 nitrogen and oxygen atoms in total. The Hall–Kier alpha value is -2.07. The third-order valence-electron chi connectivity index (χ3n) is 4.50. The number of hydrogen-bond acceptors (Lipinski definition) is 4. The summed E-state index contributed by atoms with van der Waals surface area (Å²) in [5, 5.41) is 6.57. The van der Waals surface area contributed by atoms with Crippen LogP contribution in [-0.4, -0.2) is 58.3 Å². The number of aliphatic imine (C=N–C) groups is 1. The number of benzene rings is 2. The zero-order chi connectivity index (χ0) is 21.2. The number of guanidine groups is 1. The number of ether oxygens (including phenoxy) is 2. The van der Waals surface area contributed by atoms with Crippen LogP contribution < -0.4 is 20.1 Å². The molecule has 0 heterocycles. The third kappa shape index (κ3) is 7.98. The van der Waals surface area contributed by atoms with Crippen molar-refractivity contribution in [3.05, 3.63) is 59.9 Å². The summed E-state index contributed by atoms with van der Waals surface area (Å²) in [6, 6.07) is 14.2. The summed E-state index contributed by atoms with van der Waals surface area (Å²) in [7, 11) is 7.28. The molecule has 0 spiro atoms. The quantitative estimate of drug-likeness (QED) is 0.295. The molecule has 2 rings (SSSR count). The molecule has 0 radical (unpaired) electrons. The lowest BCUT2D eigenvalue weighted by molar-refractivity contribution is 0.213. The zero-order valence-electron chi connectivity index (χ0n) is 18.2. The van der Waals surface area contributed by atoms with Gasteiger partial charge >= 0.3 is 0 Å². The fourth-order valence-electron chi connectivity index (χ4n) is 2.94. The molecule has 0 aliphatic heterocycles. The first-order valence-electron chi connectivity index (χ1n) is 9.60. The highest BCUT2D eigenvalue weighted by molar-refractivity contribution is 14.0. The largest absolute Gasteiger partial charge is 0.493 e. The van der Waals surface area contributed by atoms with E-state index in [1.807, 2.05) is 56.3 Å². The second-order valence-electron chi connectivity index (χ2n) is 6.95. The van der Waals surface area contributed by atoms with Gasteiger partial charge in [0, 0.05) is 13.6 Å². The Morgan fingerprint density at radius 2 is 1.73 bits per heavy atom. The first-order valence-corrected chi connectivity index (χ1v) is 9.60. The van der Waals surface area contributed by atoms with Crippen molar-refractivity contribution < 1.29 is 13.9 Å². The number of nitrogens with one attached hydrogen (secondary N) is 2. The molecule has 2 N–H and O–H groups in total.